The molecule has 0 aliphatic carbocycles. The van der Waals surface area contributed by atoms with Gasteiger partial charge in [-0.15, -0.1) is 11.3 Å². The zero-order valence-corrected chi connectivity index (χ0v) is 11.9. The Labute approximate surface area is 124 Å². The number of nitro benzene ring substituents is 1. The van der Waals surface area contributed by atoms with Gasteiger partial charge in [0.05, 0.1) is 20.1 Å². The van der Waals surface area contributed by atoms with Crippen LogP contribution in [-0.4, -0.2) is 9.91 Å². The van der Waals surface area contributed by atoms with Crippen molar-refractivity contribution in [1.29, 1.82) is 0 Å². The predicted octanol–water partition coefficient (Wildman–Crippen LogP) is 3.89. The lowest BCUT2D eigenvalue weighted by molar-refractivity contribution is -0.385. The van der Waals surface area contributed by atoms with Crippen molar-refractivity contribution in [2.24, 2.45) is 0 Å². The zero-order valence-electron chi connectivity index (χ0n) is 11.1. The van der Waals surface area contributed by atoms with Crippen LogP contribution in [0.15, 0.2) is 36.4 Å². The molecule has 0 atom stereocenters. The Morgan fingerprint density at radius 2 is 2.00 bits per heavy atom. The van der Waals surface area contributed by atoms with Crippen molar-refractivity contribution in [3.05, 3.63) is 51.5 Å². The molecule has 3 rings (SSSR count). The molecule has 0 bridgehead atoms. The molecule has 1 heterocycles. The molecule has 0 aliphatic rings. The van der Waals surface area contributed by atoms with Gasteiger partial charge >= 0.3 is 5.69 Å². The van der Waals surface area contributed by atoms with Gasteiger partial charge in [0.15, 0.2) is 0 Å². The summed E-state index contributed by atoms with van der Waals surface area (Å²) < 4.78 is 6.38. The van der Waals surface area contributed by atoms with E-state index in [4.69, 9.17) is 10.5 Å². The van der Waals surface area contributed by atoms with E-state index in [1.54, 1.807) is 30.3 Å². The molecule has 0 spiro atoms. The molecule has 6 nitrogen and oxygen atoms in total. The number of nitro groups is 1. The monoisotopic (exact) mass is 301 g/mol. The zero-order chi connectivity index (χ0) is 15.0. The van der Waals surface area contributed by atoms with Gasteiger partial charge in [-0.1, -0.05) is 0 Å². The van der Waals surface area contributed by atoms with Gasteiger partial charge in [0.2, 0.25) is 5.75 Å². The van der Waals surface area contributed by atoms with Gasteiger partial charge in [-0.05, 0) is 31.2 Å². The number of rotatable bonds is 3. The summed E-state index contributed by atoms with van der Waals surface area (Å²) in [5.41, 5.74) is 6.81. The molecule has 2 aromatic carbocycles. The number of anilines is 1. The predicted molar refractivity (Wildman–Crippen MR) is 81.9 cm³/mol. The van der Waals surface area contributed by atoms with Crippen LogP contribution in [-0.2, 0) is 0 Å². The average Bonchev–Trinajstić information content (AvgIpc) is 2.79. The average molecular weight is 301 g/mol. The van der Waals surface area contributed by atoms with E-state index >= 15 is 0 Å². The molecule has 0 saturated heterocycles. The van der Waals surface area contributed by atoms with E-state index in [2.05, 4.69) is 4.98 Å². The minimum Gasteiger partial charge on any atom is -0.450 e. The number of aryl methyl sites for hydroxylation is 1. The number of fused-ring (bicyclic) bond motifs is 1. The Hall–Kier alpha value is -2.67. The van der Waals surface area contributed by atoms with Crippen LogP contribution in [0.5, 0.6) is 11.5 Å². The second-order valence-corrected chi connectivity index (χ2v) is 5.68. The van der Waals surface area contributed by atoms with Crippen molar-refractivity contribution >= 4 is 32.9 Å². The van der Waals surface area contributed by atoms with Crippen molar-refractivity contribution in [1.82, 2.24) is 4.98 Å². The van der Waals surface area contributed by atoms with Crippen LogP contribution in [0.4, 0.5) is 11.4 Å². The summed E-state index contributed by atoms with van der Waals surface area (Å²) in [5.74, 6) is 0.654. The highest BCUT2D eigenvalue weighted by Gasteiger charge is 2.19. The maximum atomic E-state index is 11.2. The molecular weight excluding hydrogens is 290 g/mol. The summed E-state index contributed by atoms with van der Waals surface area (Å²) in [7, 11) is 0. The normalized spacial score (nSPS) is 10.7. The summed E-state index contributed by atoms with van der Waals surface area (Å²) in [4.78, 5) is 15.1. The van der Waals surface area contributed by atoms with Crippen molar-refractivity contribution in [3.8, 4) is 11.5 Å². The quantitative estimate of drug-likeness (QED) is 0.450. The molecule has 0 amide bonds. The van der Waals surface area contributed by atoms with Gasteiger partial charge in [-0.2, -0.15) is 0 Å². The van der Waals surface area contributed by atoms with Gasteiger partial charge in [-0.3, -0.25) is 10.1 Å². The van der Waals surface area contributed by atoms with Crippen molar-refractivity contribution in [3.63, 3.8) is 0 Å². The number of nitrogens with zero attached hydrogens (tertiary/aromatic N) is 2. The van der Waals surface area contributed by atoms with Crippen LogP contribution in [0, 0.1) is 17.0 Å². The number of benzene rings is 2. The fourth-order valence-corrected chi connectivity index (χ4v) is 2.79. The lowest BCUT2D eigenvalue weighted by Gasteiger charge is -2.06. The Kier molecular flexibility index (Phi) is 3.19. The highest BCUT2D eigenvalue weighted by molar-refractivity contribution is 7.18. The standard InChI is InChI=1S/C14H11N3O3S/c1-8-16-11-6-13(12(17(18)19)7-14(11)21-8)20-10-4-2-9(15)3-5-10/h2-7H,15H2,1H3. The van der Waals surface area contributed by atoms with E-state index in [1.807, 2.05) is 6.92 Å². The van der Waals surface area contributed by atoms with Crippen molar-refractivity contribution in [2.45, 2.75) is 6.92 Å². The van der Waals surface area contributed by atoms with E-state index in [-0.39, 0.29) is 11.4 Å². The Morgan fingerprint density at radius 1 is 1.29 bits per heavy atom. The minimum atomic E-state index is -0.457. The van der Waals surface area contributed by atoms with Crippen LogP contribution in [0.2, 0.25) is 0 Å². The van der Waals surface area contributed by atoms with Gasteiger partial charge < -0.3 is 10.5 Å². The van der Waals surface area contributed by atoms with E-state index in [0.717, 1.165) is 9.71 Å². The molecule has 2 N–H and O–H groups in total. The highest BCUT2D eigenvalue weighted by Crippen LogP contribution is 2.37. The van der Waals surface area contributed by atoms with Gasteiger partial charge in [0, 0.05) is 17.8 Å². The third-order valence-electron chi connectivity index (χ3n) is 2.88. The summed E-state index contributed by atoms with van der Waals surface area (Å²) in [6.07, 6.45) is 0. The maximum absolute atomic E-state index is 11.2. The first kappa shape index (κ1) is 13.3. The summed E-state index contributed by atoms with van der Waals surface area (Å²) in [6, 6.07) is 9.75. The van der Waals surface area contributed by atoms with Crippen molar-refractivity contribution < 1.29 is 9.66 Å². The number of nitrogen functional groups attached to an aromatic ring is 1. The molecule has 7 heteroatoms. The van der Waals surface area contributed by atoms with E-state index in [1.165, 1.54) is 17.4 Å². The maximum Gasteiger partial charge on any atom is 0.313 e. The molecule has 0 fully saturated rings. The number of hydrogen-bond acceptors (Lipinski definition) is 6. The topological polar surface area (TPSA) is 91.3 Å². The summed E-state index contributed by atoms with van der Waals surface area (Å²) >= 11 is 1.41. The summed E-state index contributed by atoms with van der Waals surface area (Å²) in [6.45, 7) is 1.86. The van der Waals surface area contributed by atoms with Crippen LogP contribution < -0.4 is 10.5 Å². The fraction of sp³-hybridized carbons (Fsp3) is 0.0714. The molecule has 106 valence electrons. The Balaban J connectivity index is 2.08. The second kappa shape index (κ2) is 5.02. The van der Waals surface area contributed by atoms with Crippen LogP contribution >= 0.6 is 11.3 Å². The van der Waals surface area contributed by atoms with Crippen LogP contribution in [0.1, 0.15) is 5.01 Å². The molecule has 0 radical (unpaired) electrons. The number of hydrogen-bond donors (Lipinski definition) is 1. The van der Waals surface area contributed by atoms with E-state index < -0.39 is 4.92 Å². The van der Waals surface area contributed by atoms with Gasteiger partial charge in [-0.25, -0.2) is 4.98 Å². The molecule has 0 unspecified atom stereocenters. The van der Waals surface area contributed by atoms with Gasteiger partial charge in [0.25, 0.3) is 0 Å². The molecule has 3 aromatic rings. The van der Waals surface area contributed by atoms with E-state index in [9.17, 15) is 10.1 Å². The smallest absolute Gasteiger partial charge is 0.313 e. The van der Waals surface area contributed by atoms with Gasteiger partial charge in [0.1, 0.15) is 5.75 Å². The summed E-state index contributed by atoms with van der Waals surface area (Å²) in [5, 5.41) is 12.1. The first-order valence-corrected chi connectivity index (χ1v) is 6.93. The Morgan fingerprint density at radius 3 is 2.67 bits per heavy atom. The number of ether oxygens (including phenoxy) is 1. The number of nitrogens with two attached hydrogens (primary N) is 1. The highest BCUT2D eigenvalue weighted by atomic mass is 32.1. The lowest BCUT2D eigenvalue weighted by Crippen LogP contribution is -1.94. The minimum absolute atomic E-state index is 0.0806. The largest absolute Gasteiger partial charge is 0.450 e. The van der Waals surface area contributed by atoms with Crippen LogP contribution in [0.3, 0.4) is 0 Å². The third-order valence-corrected chi connectivity index (χ3v) is 3.81. The molecular formula is C14H11N3O3S. The number of thiazole rings is 1. The number of aromatic nitrogens is 1. The molecule has 21 heavy (non-hydrogen) atoms. The lowest BCUT2D eigenvalue weighted by atomic mass is 10.2. The molecule has 0 saturated carbocycles. The first-order chi connectivity index (χ1) is 10.0. The third kappa shape index (κ3) is 2.63. The van der Waals surface area contributed by atoms with Crippen LogP contribution in [0.25, 0.3) is 10.2 Å². The van der Waals surface area contributed by atoms with Crippen molar-refractivity contribution in [2.75, 3.05) is 5.73 Å². The molecule has 1 aromatic heterocycles. The molecule has 0 aliphatic heterocycles. The van der Waals surface area contributed by atoms with E-state index in [0.29, 0.717) is 17.0 Å². The Bertz CT molecular complexity index is 827. The second-order valence-electron chi connectivity index (χ2n) is 4.45. The fourth-order valence-electron chi connectivity index (χ4n) is 1.95. The SMILES string of the molecule is Cc1nc2cc(Oc3ccc(N)cc3)c([N+](=O)[O-])cc2s1. The first-order valence-electron chi connectivity index (χ1n) is 6.12.